The molecule has 0 amide bonds. The zero-order valence-electron chi connectivity index (χ0n) is 24.6. The van der Waals surface area contributed by atoms with Crippen molar-refractivity contribution in [3.8, 4) is 0 Å². The Kier molecular flexibility index (Phi) is 11.5. The van der Waals surface area contributed by atoms with E-state index in [4.69, 9.17) is 18.3 Å². The number of hydrogen-bond donors (Lipinski definition) is 0. The van der Waals surface area contributed by atoms with Gasteiger partial charge in [0.25, 0.3) is 0 Å². The molecule has 0 aliphatic carbocycles. The SMILES string of the molecule is CCOP(=O)(OCC)C(N(OC(CO[Si](C)(C)C(C)(C)C)c1ccccc1)C(C)(C)C)C(C)(C)C. The lowest BCUT2D eigenvalue weighted by molar-refractivity contribution is -0.273. The highest BCUT2D eigenvalue weighted by Crippen LogP contribution is 2.61. The third kappa shape index (κ3) is 9.06. The molecule has 0 aromatic heterocycles. The molecule has 8 heteroatoms. The molecule has 0 aliphatic rings. The second-order valence-electron chi connectivity index (χ2n) is 12.7. The van der Waals surface area contributed by atoms with Gasteiger partial charge in [0, 0.05) is 5.54 Å². The molecule has 6 nitrogen and oxygen atoms in total. The maximum absolute atomic E-state index is 14.2. The fourth-order valence-corrected chi connectivity index (χ4v) is 7.25. The van der Waals surface area contributed by atoms with Crippen molar-refractivity contribution < 1.29 is 22.9 Å². The molecule has 1 aromatic carbocycles. The molecule has 0 aliphatic heterocycles. The Labute approximate surface area is 216 Å². The molecule has 0 saturated carbocycles. The largest absolute Gasteiger partial charge is 0.414 e. The lowest BCUT2D eigenvalue weighted by atomic mass is 9.94. The summed E-state index contributed by atoms with van der Waals surface area (Å²) in [4.78, 5) is 6.84. The van der Waals surface area contributed by atoms with Crippen molar-refractivity contribution in [2.24, 2.45) is 5.41 Å². The van der Waals surface area contributed by atoms with Crippen LogP contribution in [0.4, 0.5) is 0 Å². The quantitative estimate of drug-likeness (QED) is 0.154. The first-order valence-electron chi connectivity index (χ1n) is 12.8. The van der Waals surface area contributed by atoms with Crippen LogP contribution in [-0.4, -0.2) is 44.5 Å². The Morgan fingerprint density at radius 3 is 1.74 bits per heavy atom. The van der Waals surface area contributed by atoms with Crippen LogP contribution in [0.15, 0.2) is 30.3 Å². The smallest absolute Gasteiger partial charge is 0.350 e. The van der Waals surface area contributed by atoms with Crippen LogP contribution in [0.3, 0.4) is 0 Å². The van der Waals surface area contributed by atoms with Gasteiger partial charge < -0.3 is 13.5 Å². The van der Waals surface area contributed by atoms with Crippen LogP contribution >= 0.6 is 7.60 Å². The molecule has 0 fully saturated rings. The Morgan fingerprint density at radius 1 is 0.886 bits per heavy atom. The molecular weight excluding hydrogens is 477 g/mol. The average molecular weight is 530 g/mol. The van der Waals surface area contributed by atoms with Crippen molar-refractivity contribution in [3.63, 3.8) is 0 Å². The van der Waals surface area contributed by atoms with Crippen LogP contribution in [0.5, 0.6) is 0 Å². The van der Waals surface area contributed by atoms with E-state index >= 15 is 0 Å². The zero-order chi connectivity index (χ0) is 27.3. The lowest BCUT2D eigenvalue weighted by Crippen LogP contribution is -2.54. The monoisotopic (exact) mass is 529 g/mol. The first-order valence-corrected chi connectivity index (χ1v) is 17.4. The predicted molar refractivity (Wildman–Crippen MR) is 149 cm³/mol. The number of hydrogen-bond acceptors (Lipinski definition) is 6. The van der Waals surface area contributed by atoms with Crippen molar-refractivity contribution in [2.45, 2.75) is 112 Å². The minimum atomic E-state index is -3.56. The highest BCUT2D eigenvalue weighted by Gasteiger charge is 2.52. The van der Waals surface area contributed by atoms with E-state index in [-0.39, 0.29) is 11.1 Å². The maximum atomic E-state index is 14.2. The van der Waals surface area contributed by atoms with Gasteiger partial charge in [-0.05, 0) is 63.7 Å². The van der Waals surface area contributed by atoms with Crippen LogP contribution < -0.4 is 0 Å². The summed E-state index contributed by atoms with van der Waals surface area (Å²) < 4.78 is 32.6. The minimum absolute atomic E-state index is 0.0749. The van der Waals surface area contributed by atoms with Gasteiger partial charge in [-0.1, -0.05) is 71.9 Å². The Morgan fingerprint density at radius 2 is 1.37 bits per heavy atom. The highest BCUT2D eigenvalue weighted by molar-refractivity contribution is 7.54. The Hall–Kier alpha value is -0.533. The fourth-order valence-electron chi connectivity index (χ4n) is 3.57. The average Bonchev–Trinajstić information content (AvgIpc) is 2.68. The summed E-state index contributed by atoms with van der Waals surface area (Å²) in [5.41, 5.74) is 0.0521. The van der Waals surface area contributed by atoms with Gasteiger partial charge in [-0.2, -0.15) is 5.06 Å². The number of hydroxylamine groups is 2. The second kappa shape index (κ2) is 12.3. The normalized spacial score (nSPS) is 15.9. The molecule has 0 spiro atoms. The van der Waals surface area contributed by atoms with Crippen molar-refractivity contribution in [1.82, 2.24) is 5.06 Å². The third-order valence-electron chi connectivity index (χ3n) is 6.39. The van der Waals surface area contributed by atoms with Crippen molar-refractivity contribution in [2.75, 3.05) is 19.8 Å². The van der Waals surface area contributed by atoms with Gasteiger partial charge in [0.1, 0.15) is 11.9 Å². The van der Waals surface area contributed by atoms with Crippen molar-refractivity contribution in [1.29, 1.82) is 0 Å². The second-order valence-corrected chi connectivity index (χ2v) is 19.6. The topological polar surface area (TPSA) is 57.2 Å². The van der Waals surface area contributed by atoms with Gasteiger partial charge in [0.15, 0.2) is 8.32 Å². The fraction of sp³-hybridized carbons (Fsp3) is 0.778. The first kappa shape index (κ1) is 32.5. The summed E-state index contributed by atoms with van der Waals surface area (Å²) in [7, 11) is -5.59. The molecule has 35 heavy (non-hydrogen) atoms. The van der Waals surface area contributed by atoms with Gasteiger partial charge >= 0.3 is 7.60 Å². The molecule has 0 N–H and O–H groups in total. The van der Waals surface area contributed by atoms with E-state index in [1.54, 1.807) is 0 Å². The van der Waals surface area contributed by atoms with Crippen molar-refractivity contribution >= 4 is 15.9 Å². The molecular formula is C27H52NO5PSi. The zero-order valence-corrected chi connectivity index (χ0v) is 26.5. The van der Waals surface area contributed by atoms with Crippen LogP contribution in [0.2, 0.25) is 18.1 Å². The van der Waals surface area contributed by atoms with Crippen LogP contribution in [0, 0.1) is 5.41 Å². The van der Waals surface area contributed by atoms with Gasteiger partial charge in [0.05, 0.1) is 19.8 Å². The van der Waals surface area contributed by atoms with Gasteiger partial charge in [0.2, 0.25) is 0 Å². The summed E-state index contributed by atoms with van der Waals surface area (Å²) in [5.74, 6) is -0.631. The lowest BCUT2D eigenvalue weighted by Gasteiger charge is -2.48. The van der Waals surface area contributed by atoms with Gasteiger partial charge in [-0.25, -0.2) is 0 Å². The van der Waals surface area contributed by atoms with Gasteiger partial charge in [-0.15, -0.1) is 0 Å². The van der Waals surface area contributed by atoms with Crippen LogP contribution in [-0.2, 0) is 22.9 Å². The van der Waals surface area contributed by atoms with E-state index in [9.17, 15) is 4.57 Å². The molecule has 2 unspecified atom stereocenters. The molecule has 204 valence electrons. The van der Waals surface area contributed by atoms with E-state index in [1.807, 2.05) is 57.9 Å². The molecule has 1 aromatic rings. The molecule has 0 radical (unpaired) electrons. The van der Waals surface area contributed by atoms with Crippen LogP contribution in [0.25, 0.3) is 0 Å². The maximum Gasteiger partial charge on any atom is 0.350 e. The van der Waals surface area contributed by atoms with E-state index in [1.165, 1.54) is 0 Å². The summed E-state index contributed by atoms with van der Waals surface area (Å²) in [5, 5.41) is 1.93. The number of benzene rings is 1. The first-order chi connectivity index (χ1) is 15.8. The van der Waals surface area contributed by atoms with E-state index in [2.05, 4.69) is 66.8 Å². The molecule has 1 rings (SSSR count). The van der Waals surface area contributed by atoms with E-state index < -0.39 is 32.7 Å². The third-order valence-corrected chi connectivity index (χ3v) is 13.7. The van der Waals surface area contributed by atoms with Crippen molar-refractivity contribution in [3.05, 3.63) is 35.9 Å². The highest BCUT2D eigenvalue weighted by atomic mass is 31.2. The van der Waals surface area contributed by atoms with E-state index in [0.717, 1.165) is 5.56 Å². The summed E-state index contributed by atoms with van der Waals surface area (Å²) in [6, 6.07) is 10.1. The number of rotatable bonds is 12. The minimum Gasteiger partial charge on any atom is -0.414 e. The standard InChI is InChI=1S/C27H52NO5PSi/c1-14-30-34(29,31-15-2)24(25(3,4)5)28(26(6,7)8)33-23(22-19-17-16-18-20-22)21-32-35(12,13)27(9,10)11/h16-20,23-24H,14-15,21H2,1-13H3. The molecule has 2 atom stereocenters. The van der Waals surface area contributed by atoms with Crippen LogP contribution in [0.1, 0.15) is 87.8 Å². The summed E-state index contributed by atoms with van der Waals surface area (Å²) >= 11 is 0. The Bertz CT molecular complexity index is 802. The summed E-state index contributed by atoms with van der Waals surface area (Å²) in [6.07, 6.45) is -0.383. The van der Waals surface area contributed by atoms with Gasteiger partial charge in [-0.3, -0.25) is 9.40 Å². The molecule has 0 heterocycles. The predicted octanol–water partition coefficient (Wildman–Crippen LogP) is 8.42. The Balaban J connectivity index is 3.57. The summed E-state index contributed by atoms with van der Waals surface area (Å²) in [6.45, 7) is 28.2. The molecule has 0 saturated heterocycles. The number of nitrogens with zero attached hydrogens (tertiary/aromatic N) is 1. The van der Waals surface area contributed by atoms with E-state index in [0.29, 0.717) is 19.8 Å². The molecule has 0 bridgehead atoms.